The van der Waals surface area contributed by atoms with Gasteiger partial charge in [0.1, 0.15) is 23.2 Å². The molecule has 1 heterocycles. The molecule has 0 atom stereocenters. The number of nitrogens with zero attached hydrogens (tertiary/aromatic N) is 2. The van der Waals surface area contributed by atoms with Crippen molar-refractivity contribution in [1.29, 1.82) is 0 Å². The number of benzene rings is 1. The number of nitrogen functional groups attached to an aromatic ring is 1. The standard InChI is InChI=1S/C14H16FN3/c1-8-3-6-10(15)7-11(8)12-13(16)18(2)14(17-12)9-4-5-9/h3,6-7,9H,4-5,16H2,1-2H3. The molecular weight excluding hydrogens is 229 g/mol. The van der Waals surface area contributed by atoms with Crippen molar-refractivity contribution in [1.82, 2.24) is 9.55 Å². The second-order valence-electron chi connectivity index (χ2n) is 5.00. The van der Waals surface area contributed by atoms with Crippen LogP contribution in [0, 0.1) is 12.7 Å². The minimum Gasteiger partial charge on any atom is -0.383 e. The van der Waals surface area contributed by atoms with Crippen LogP contribution in [0.4, 0.5) is 10.2 Å². The Labute approximate surface area is 105 Å². The molecular formula is C14H16FN3. The first kappa shape index (κ1) is 11.3. The number of aryl methyl sites for hydroxylation is 1. The Bertz CT molecular complexity index is 612. The van der Waals surface area contributed by atoms with Crippen molar-refractivity contribution in [3.05, 3.63) is 35.4 Å². The first-order chi connectivity index (χ1) is 8.58. The van der Waals surface area contributed by atoms with Crippen LogP contribution >= 0.6 is 0 Å². The van der Waals surface area contributed by atoms with Gasteiger partial charge in [0, 0.05) is 18.5 Å². The van der Waals surface area contributed by atoms with Crippen LogP contribution in [-0.4, -0.2) is 9.55 Å². The van der Waals surface area contributed by atoms with Gasteiger partial charge in [0.2, 0.25) is 0 Å². The van der Waals surface area contributed by atoms with Crippen LogP contribution in [0.1, 0.15) is 30.1 Å². The molecule has 0 unspecified atom stereocenters. The lowest BCUT2D eigenvalue weighted by atomic mass is 10.1. The van der Waals surface area contributed by atoms with E-state index >= 15 is 0 Å². The minimum absolute atomic E-state index is 0.256. The molecule has 0 saturated heterocycles. The molecule has 1 saturated carbocycles. The van der Waals surface area contributed by atoms with Crippen molar-refractivity contribution in [3.63, 3.8) is 0 Å². The van der Waals surface area contributed by atoms with E-state index in [2.05, 4.69) is 4.98 Å². The van der Waals surface area contributed by atoms with Crippen LogP contribution in [0.2, 0.25) is 0 Å². The van der Waals surface area contributed by atoms with Crippen molar-refractivity contribution in [2.75, 3.05) is 5.73 Å². The van der Waals surface area contributed by atoms with Gasteiger partial charge in [-0.2, -0.15) is 0 Å². The average molecular weight is 245 g/mol. The van der Waals surface area contributed by atoms with Crippen LogP contribution < -0.4 is 5.73 Å². The predicted molar refractivity (Wildman–Crippen MR) is 69.7 cm³/mol. The van der Waals surface area contributed by atoms with Crippen LogP contribution in [0.5, 0.6) is 0 Å². The Morgan fingerprint density at radius 1 is 1.39 bits per heavy atom. The van der Waals surface area contributed by atoms with E-state index < -0.39 is 0 Å². The maximum Gasteiger partial charge on any atom is 0.131 e. The Balaban J connectivity index is 2.16. The van der Waals surface area contributed by atoms with Crippen molar-refractivity contribution < 1.29 is 4.39 Å². The number of rotatable bonds is 2. The van der Waals surface area contributed by atoms with E-state index in [1.807, 2.05) is 18.5 Å². The molecule has 1 aliphatic carbocycles. The van der Waals surface area contributed by atoms with E-state index in [4.69, 9.17) is 5.73 Å². The Morgan fingerprint density at radius 3 is 2.78 bits per heavy atom. The molecule has 0 amide bonds. The summed E-state index contributed by atoms with van der Waals surface area (Å²) >= 11 is 0. The lowest BCUT2D eigenvalue weighted by Gasteiger charge is -2.04. The molecule has 3 rings (SSSR count). The van der Waals surface area contributed by atoms with Crippen molar-refractivity contribution >= 4 is 5.82 Å². The molecule has 2 aromatic rings. The van der Waals surface area contributed by atoms with Crippen molar-refractivity contribution in [3.8, 4) is 11.3 Å². The van der Waals surface area contributed by atoms with Gasteiger partial charge >= 0.3 is 0 Å². The molecule has 1 aromatic carbocycles. The lowest BCUT2D eigenvalue weighted by Crippen LogP contribution is -2.00. The molecule has 18 heavy (non-hydrogen) atoms. The summed E-state index contributed by atoms with van der Waals surface area (Å²) in [7, 11) is 1.92. The number of halogens is 1. The van der Waals surface area contributed by atoms with Gasteiger partial charge in [-0.05, 0) is 37.5 Å². The minimum atomic E-state index is -0.256. The fourth-order valence-electron chi connectivity index (χ4n) is 2.28. The van der Waals surface area contributed by atoms with Gasteiger partial charge in [-0.1, -0.05) is 6.07 Å². The number of aromatic nitrogens is 2. The zero-order chi connectivity index (χ0) is 12.9. The summed E-state index contributed by atoms with van der Waals surface area (Å²) in [5.74, 6) is 1.91. The van der Waals surface area contributed by atoms with Crippen LogP contribution in [0.25, 0.3) is 11.3 Å². The first-order valence-corrected chi connectivity index (χ1v) is 6.16. The summed E-state index contributed by atoms with van der Waals surface area (Å²) in [6.07, 6.45) is 2.34. The number of imidazole rings is 1. The molecule has 3 nitrogen and oxygen atoms in total. The quantitative estimate of drug-likeness (QED) is 0.883. The van der Waals surface area contributed by atoms with Crippen LogP contribution in [0.3, 0.4) is 0 Å². The zero-order valence-electron chi connectivity index (χ0n) is 10.6. The second kappa shape index (κ2) is 3.83. The molecule has 0 radical (unpaired) electrons. The first-order valence-electron chi connectivity index (χ1n) is 6.16. The monoisotopic (exact) mass is 245 g/mol. The summed E-state index contributed by atoms with van der Waals surface area (Å²) in [6, 6.07) is 4.72. The van der Waals surface area contributed by atoms with Crippen LogP contribution in [-0.2, 0) is 7.05 Å². The van der Waals surface area contributed by atoms with Gasteiger partial charge in [-0.15, -0.1) is 0 Å². The third kappa shape index (κ3) is 1.68. The van der Waals surface area contributed by atoms with E-state index in [-0.39, 0.29) is 5.82 Å². The number of nitrogens with two attached hydrogens (primary N) is 1. The van der Waals surface area contributed by atoms with Gasteiger partial charge in [0.25, 0.3) is 0 Å². The summed E-state index contributed by atoms with van der Waals surface area (Å²) in [4.78, 5) is 4.61. The SMILES string of the molecule is Cc1ccc(F)cc1-c1nc(C2CC2)n(C)c1N. The second-order valence-corrected chi connectivity index (χ2v) is 5.00. The van der Waals surface area contributed by atoms with Crippen molar-refractivity contribution in [2.24, 2.45) is 7.05 Å². The highest BCUT2D eigenvalue weighted by atomic mass is 19.1. The highest BCUT2D eigenvalue weighted by molar-refractivity contribution is 5.73. The largest absolute Gasteiger partial charge is 0.383 e. The van der Waals surface area contributed by atoms with Gasteiger partial charge in [0.05, 0.1) is 0 Å². The smallest absolute Gasteiger partial charge is 0.131 e. The molecule has 0 spiro atoms. The van der Waals surface area contributed by atoms with Crippen LogP contribution in [0.15, 0.2) is 18.2 Å². The third-order valence-corrected chi connectivity index (χ3v) is 3.57. The van der Waals surface area contributed by atoms with E-state index in [9.17, 15) is 4.39 Å². The highest BCUT2D eigenvalue weighted by Crippen LogP contribution is 2.42. The summed E-state index contributed by atoms with van der Waals surface area (Å²) in [5.41, 5.74) is 8.58. The van der Waals surface area contributed by atoms with Crippen molar-refractivity contribution in [2.45, 2.75) is 25.7 Å². The lowest BCUT2D eigenvalue weighted by molar-refractivity contribution is 0.628. The van der Waals surface area contributed by atoms with Gasteiger partial charge in [0.15, 0.2) is 0 Å². The molecule has 94 valence electrons. The Hall–Kier alpha value is -1.84. The summed E-state index contributed by atoms with van der Waals surface area (Å²) in [6.45, 7) is 1.94. The third-order valence-electron chi connectivity index (χ3n) is 3.57. The molecule has 2 N–H and O–H groups in total. The molecule has 0 bridgehead atoms. The number of hydrogen-bond acceptors (Lipinski definition) is 2. The summed E-state index contributed by atoms with van der Waals surface area (Å²) < 4.78 is 15.3. The summed E-state index contributed by atoms with van der Waals surface area (Å²) in [5, 5.41) is 0. The molecule has 0 aliphatic heterocycles. The molecule has 1 fully saturated rings. The van der Waals surface area contributed by atoms with E-state index in [0.717, 1.165) is 17.0 Å². The van der Waals surface area contributed by atoms with Gasteiger partial charge < -0.3 is 10.3 Å². The van der Waals surface area contributed by atoms with E-state index in [1.54, 1.807) is 6.07 Å². The molecule has 4 heteroatoms. The topological polar surface area (TPSA) is 43.8 Å². The average Bonchev–Trinajstić information content (AvgIpc) is 3.13. The Morgan fingerprint density at radius 2 is 2.11 bits per heavy atom. The predicted octanol–water partition coefficient (Wildman–Crippen LogP) is 2.99. The van der Waals surface area contributed by atoms with E-state index in [0.29, 0.717) is 17.4 Å². The fourth-order valence-corrected chi connectivity index (χ4v) is 2.28. The van der Waals surface area contributed by atoms with Gasteiger partial charge in [-0.3, -0.25) is 0 Å². The molecule has 1 aromatic heterocycles. The maximum absolute atomic E-state index is 13.4. The number of anilines is 1. The fraction of sp³-hybridized carbons (Fsp3) is 0.357. The number of hydrogen-bond donors (Lipinski definition) is 1. The van der Waals surface area contributed by atoms with E-state index in [1.165, 1.54) is 25.0 Å². The normalized spacial score (nSPS) is 15.1. The maximum atomic E-state index is 13.4. The highest BCUT2D eigenvalue weighted by Gasteiger charge is 2.30. The Kier molecular flexibility index (Phi) is 2.40. The molecule has 1 aliphatic rings. The zero-order valence-corrected chi connectivity index (χ0v) is 10.6. The van der Waals surface area contributed by atoms with Gasteiger partial charge in [-0.25, -0.2) is 9.37 Å².